The van der Waals surface area contributed by atoms with Crippen molar-refractivity contribution in [3.63, 3.8) is 0 Å². The molecule has 0 aliphatic carbocycles. The van der Waals surface area contributed by atoms with E-state index in [9.17, 15) is 9.18 Å². The summed E-state index contributed by atoms with van der Waals surface area (Å²) in [5, 5.41) is 0. The van der Waals surface area contributed by atoms with Crippen molar-refractivity contribution in [3.05, 3.63) is 59.7 Å². The van der Waals surface area contributed by atoms with Gasteiger partial charge in [-0.05, 0) is 16.7 Å². The van der Waals surface area contributed by atoms with E-state index in [-0.39, 0.29) is 5.56 Å². The number of hydrogen-bond donors (Lipinski definition) is 1. The summed E-state index contributed by atoms with van der Waals surface area (Å²) in [6.45, 7) is -0.695. The van der Waals surface area contributed by atoms with Gasteiger partial charge in [-0.25, -0.2) is 4.39 Å². The largest absolute Gasteiger partial charge is 0.366 e. The lowest BCUT2D eigenvalue weighted by Gasteiger charge is -2.10. The molecule has 0 unspecified atom stereocenters. The van der Waals surface area contributed by atoms with Crippen molar-refractivity contribution in [2.75, 3.05) is 0 Å². The first kappa shape index (κ1) is 11.3. The lowest BCUT2D eigenvalue weighted by atomic mass is 9.95. The Hall–Kier alpha value is -2.16. The van der Waals surface area contributed by atoms with Crippen molar-refractivity contribution in [2.24, 2.45) is 5.73 Å². The quantitative estimate of drug-likeness (QED) is 0.863. The zero-order chi connectivity index (χ0) is 12.3. The third-order valence-electron chi connectivity index (χ3n) is 2.63. The monoisotopic (exact) mass is 229 g/mol. The van der Waals surface area contributed by atoms with E-state index < -0.39 is 12.6 Å². The van der Waals surface area contributed by atoms with E-state index in [0.29, 0.717) is 11.1 Å². The molecule has 0 heterocycles. The molecule has 2 N–H and O–H groups in total. The van der Waals surface area contributed by atoms with Crippen molar-refractivity contribution in [3.8, 4) is 11.1 Å². The smallest absolute Gasteiger partial charge is 0.249 e. The highest BCUT2D eigenvalue weighted by molar-refractivity contribution is 6.01. The Labute approximate surface area is 98.9 Å². The molecule has 2 nitrogen and oxygen atoms in total. The van der Waals surface area contributed by atoms with Crippen LogP contribution in [0.25, 0.3) is 11.1 Å². The molecular weight excluding hydrogens is 217 g/mol. The number of carbonyl (C=O) groups excluding carboxylic acids is 1. The van der Waals surface area contributed by atoms with Gasteiger partial charge in [0.05, 0.1) is 5.56 Å². The van der Waals surface area contributed by atoms with Crippen LogP contribution in [0.4, 0.5) is 4.39 Å². The van der Waals surface area contributed by atoms with Crippen LogP contribution < -0.4 is 5.73 Å². The van der Waals surface area contributed by atoms with Gasteiger partial charge in [0.25, 0.3) is 0 Å². The molecule has 0 aliphatic rings. The number of hydrogen-bond acceptors (Lipinski definition) is 1. The molecule has 0 bridgehead atoms. The number of carbonyl (C=O) groups is 1. The first-order valence-corrected chi connectivity index (χ1v) is 5.27. The molecule has 0 spiro atoms. The maximum absolute atomic E-state index is 12.8. The van der Waals surface area contributed by atoms with Crippen molar-refractivity contribution in [2.45, 2.75) is 6.67 Å². The van der Waals surface area contributed by atoms with Crippen LogP contribution in [0.5, 0.6) is 0 Å². The molecule has 2 aromatic rings. The van der Waals surface area contributed by atoms with Crippen LogP contribution in [-0.2, 0) is 6.67 Å². The zero-order valence-electron chi connectivity index (χ0n) is 9.19. The lowest BCUT2D eigenvalue weighted by molar-refractivity contribution is 0.0999. The summed E-state index contributed by atoms with van der Waals surface area (Å²) < 4.78 is 12.8. The molecule has 0 aromatic heterocycles. The molecule has 0 atom stereocenters. The number of amides is 1. The van der Waals surface area contributed by atoms with E-state index >= 15 is 0 Å². The summed E-state index contributed by atoms with van der Waals surface area (Å²) >= 11 is 0. The molecule has 0 saturated heterocycles. The van der Waals surface area contributed by atoms with Gasteiger partial charge in [-0.15, -0.1) is 0 Å². The Kier molecular flexibility index (Phi) is 3.19. The Bertz CT molecular complexity index is 537. The topological polar surface area (TPSA) is 43.1 Å². The van der Waals surface area contributed by atoms with Crippen LogP contribution in [0.15, 0.2) is 48.5 Å². The minimum absolute atomic E-state index is 0.265. The third-order valence-corrected chi connectivity index (χ3v) is 2.63. The molecule has 2 aromatic carbocycles. The Balaban J connectivity index is 2.66. The molecule has 0 saturated carbocycles. The van der Waals surface area contributed by atoms with Crippen molar-refractivity contribution < 1.29 is 9.18 Å². The summed E-state index contributed by atoms with van der Waals surface area (Å²) in [5.74, 6) is -0.600. The number of alkyl halides is 1. The van der Waals surface area contributed by atoms with E-state index in [4.69, 9.17) is 5.73 Å². The van der Waals surface area contributed by atoms with Gasteiger partial charge >= 0.3 is 0 Å². The summed E-state index contributed by atoms with van der Waals surface area (Å²) in [7, 11) is 0. The highest BCUT2D eigenvalue weighted by atomic mass is 19.1. The van der Waals surface area contributed by atoms with E-state index in [1.807, 2.05) is 30.3 Å². The number of rotatable bonds is 3. The average Bonchev–Trinajstić information content (AvgIpc) is 2.38. The second-order valence-corrected chi connectivity index (χ2v) is 3.70. The maximum Gasteiger partial charge on any atom is 0.249 e. The molecular formula is C14H12FNO. The van der Waals surface area contributed by atoms with Crippen molar-refractivity contribution >= 4 is 5.91 Å². The lowest BCUT2D eigenvalue weighted by Crippen LogP contribution is -2.15. The first-order chi connectivity index (χ1) is 8.24. The fourth-order valence-electron chi connectivity index (χ4n) is 1.86. The standard InChI is InChI=1S/C14H12FNO/c15-9-11-7-4-8-12(13(11)14(16)17)10-5-2-1-3-6-10/h1-8H,9H2,(H2,16,17). The molecule has 86 valence electrons. The third kappa shape index (κ3) is 2.18. The minimum Gasteiger partial charge on any atom is -0.366 e. The molecule has 1 amide bonds. The molecule has 0 fully saturated rings. The van der Waals surface area contributed by atoms with Gasteiger partial charge in [0.15, 0.2) is 0 Å². The summed E-state index contributed by atoms with van der Waals surface area (Å²) in [6.07, 6.45) is 0. The van der Waals surface area contributed by atoms with E-state index in [2.05, 4.69) is 0 Å². The van der Waals surface area contributed by atoms with Crippen molar-refractivity contribution in [1.29, 1.82) is 0 Å². The molecule has 0 aliphatic heterocycles. The highest BCUT2D eigenvalue weighted by Crippen LogP contribution is 2.26. The van der Waals surface area contributed by atoms with Crippen LogP contribution in [0.1, 0.15) is 15.9 Å². The van der Waals surface area contributed by atoms with Gasteiger partial charge < -0.3 is 5.73 Å². The van der Waals surface area contributed by atoms with Gasteiger partial charge in [0, 0.05) is 0 Å². The fraction of sp³-hybridized carbons (Fsp3) is 0.0714. The summed E-state index contributed by atoms with van der Waals surface area (Å²) in [5.41, 5.74) is 7.45. The van der Waals surface area contributed by atoms with E-state index in [0.717, 1.165) is 5.56 Å². The van der Waals surface area contributed by atoms with E-state index in [1.54, 1.807) is 18.2 Å². The van der Waals surface area contributed by atoms with Crippen LogP contribution in [0.3, 0.4) is 0 Å². The number of benzene rings is 2. The molecule has 2 rings (SSSR count). The number of nitrogens with two attached hydrogens (primary N) is 1. The van der Waals surface area contributed by atoms with Gasteiger partial charge in [0.2, 0.25) is 5.91 Å². The average molecular weight is 229 g/mol. The minimum atomic E-state index is -0.695. The number of primary amides is 1. The SMILES string of the molecule is NC(=O)c1c(CF)cccc1-c1ccccc1. The Morgan fingerprint density at radius 1 is 1.06 bits per heavy atom. The van der Waals surface area contributed by atoms with Gasteiger partial charge in [-0.1, -0.05) is 48.5 Å². The van der Waals surface area contributed by atoms with Gasteiger partial charge in [0.1, 0.15) is 6.67 Å². The Morgan fingerprint density at radius 3 is 2.35 bits per heavy atom. The predicted molar refractivity (Wildman–Crippen MR) is 65.2 cm³/mol. The predicted octanol–water partition coefficient (Wildman–Crippen LogP) is 2.92. The maximum atomic E-state index is 12.8. The first-order valence-electron chi connectivity index (χ1n) is 5.27. The summed E-state index contributed by atoms with van der Waals surface area (Å²) in [4.78, 5) is 11.4. The zero-order valence-corrected chi connectivity index (χ0v) is 9.19. The summed E-state index contributed by atoms with van der Waals surface area (Å²) in [6, 6.07) is 14.4. The van der Waals surface area contributed by atoms with Crippen LogP contribution in [-0.4, -0.2) is 5.91 Å². The second-order valence-electron chi connectivity index (χ2n) is 3.70. The Morgan fingerprint density at radius 2 is 1.76 bits per heavy atom. The normalized spacial score (nSPS) is 10.2. The number of halogens is 1. The molecule has 3 heteroatoms. The van der Waals surface area contributed by atoms with Crippen LogP contribution in [0, 0.1) is 0 Å². The van der Waals surface area contributed by atoms with Gasteiger partial charge in [-0.3, -0.25) is 4.79 Å². The van der Waals surface area contributed by atoms with E-state index in [1.165, 1.54) is 0 Å². The van der Waals surface area contributed by atoms with Crippen LogP contribution >= 0.6 is 0 Å². The highest BCUT2D eigenvalue weighted by Gasteiger charge is 2.14. The fourth-order valence-corrected chi connectivity index (χ4v) is 1.86. The van der Waals surface area contributed by atoms with Crippen LogP contribution in [0.2, 0.25) is 0 Å². The molecule has 17 heavy (non-hydrogen) atoms. The van der Waals surface area contributed by atoms with Gasteiger partial charge in [-0.2, -0.15) is 0 Å². The van der Waals surface area contributed by atoms with Crippen molar-refractivity contribution in [1.82, 2.24) is 0 Å². The second kappa shape index (κ2) is 4.78. The molecule has 0 radical (unpaired) electrons.